The molecule has 3 aromatic rings. The largest absolute Gasteiger partial charge is 0.618 e. The standard InChI is InChI=1S/C22H20F3N3O2S/c23-22(24,25)16-9-7-15(8-10-16)20-26-17(14-31-20)19(29)27-21(11-3-1-4-12-21)18-6-2-5-13-28(18)30/h2,5-10,13-14H,1,3-4,11-12H2,(H,27,29). The highest BCUT2D eigenvalue weighted by Crippen LogP contribution is 2.36. The summed E-state index contributed by atoms with van der Waals surface area (Å²) in [6.45, 7) is 0. The van der Waals surface area contributed by atoms with E-state index in [1.54, 1.807) is 23.6 Å². The highest BCUT2D eigenvalue weighted by molar-refractivity contribution is 7.13. The van der Waals surface area contributed by atoms with Gasteiger partial charge in [-0.25, -0.2) is 4.98 Å². The summed E-state index contributed by atoms with van der Waals surface area (Å²) in [6, 6.07) is 9.83. The van der Waals surface area contributed by atoms with Gasteiger partial charge in [0.2, 0.25) is 5.69 Å². The third-order valence-corrected chi connectivity index (χ3v) is 6.46. The van der Waals surface area contributed by atoms with E-state index in [9.17, 15) is 23.2 Å². The fourth-order valence-electron chi connectivity index (χ4n) is 3.99. The van der Waals surface area contributed by atoms with Gasteiger partial charge in [-0.2, -0.15) is 17.9 Å². The quantitative estimate of drug-likeness (QED) is 0.449. The first-order chi connectivity index (χ1) is 14.8. The van der Waals surface area contributed by atoms with Crippen LogP contribution in [0.1, 0.15) is 53.8 Å². The summed E-state index contributed by atoms with van der Waals surface area (Å²) in [6.07, 6.45) is 1.14. The van der Waals surface area contributed by atoms with E-state index in [2.05, 4.69) is 10.3 Å². The molecule has 2 heterocycles. The van der Waals surface area contributed by atoms with Crippen LogP contribution in [0, 0.1) is 5.21 Å². The maximum atomic E-state index is 13.0. The second-order valence-electron chi connectivity index (χ2n) is 7.62. The van der Waals surface area contributed by atoms with Crippen molar-refractivity contribution < 1.29 is 22.7 Å². The highest BCUT2D eigenvalue weighted by atomic mass is 32.1. The molecule has 0 spiro atoms. The van der Waals surface area contributed by atoms with Gasteiger partial charge >= 0.3 is 6.18 Å². The first-order valence-electron chi connectivity index (χ1n) is 9.93. The lowest BCUT2D eigenvalue weighted by molar-refractivity contribution is -0.619. The number of hydrogen-bond donors (Lipinski definition) is 1. The molecule has 0 atom stereocenters. The number of alkyl halides is 3. The van der Waals surface area contributed by atoms with Crippen LogP contribution in [0.3, 0.4) is 0 Å². The number of carbonyl (C=O) groups excluding carboxylic acids is 1. The molecule has 5 nitrogen and oxygen atoms in total. The lowest BCUT2D eigenvalue weighted by Crippen LogP contribution is -2.53. The molecule has 0 radical (unpaired) electrons. The SMILES string of the molecule is O=C(NC1(c2cccc[n+]2[O-])CCCCC1)c1csc(-c2ccc(C(F)(F)F)cc2)n1. The summed E-state index contributed by atoms with van der Waals surface area (Å²) in [5, 5.41) is 17.5. The molecule has 1 fully saturated rings. The molecule has 31 heavy (non-hydrogen) atoms. The van der Waals surface area contributed by atoms with E-state index in [0.717, 1.165) is 36.1 Å². The minimum atomic E-state index is -4.41. The lowest BCUT2D eigenvalue weighted by atomic mass is 9.78. The molecule has 0 aliphatic heterocycles. The number of nitrogens with zero attached hydrogens (tertiary/aromatic N) is 2. The minimum Gasteiger partial charge on any atom is -0.618 e. The Hall–Kier alpha value is -2.94. The summed E-state index contributed by atoms with van der Waals surface area (Å²) >= 11 is 1.18. The van der Waals surface area contributed by atoms with Crippen molar-refractivity contribution in [1.82, 2.24) is 10.3 Å². The van der Waals surface area contributed by atoms with Gasteiger partial charge in [0.25, 0.3) is 5.91 Å². The molecule has 1 amide bonds. The zero-order valence-corrected chi connectivity index (χ0v) is 17.3. The third-order valence-electron chi connectivity index (χ3n) is 5.57. The maximum Gasteiger partial charge on any atom is 0.416 e. The molecule has 0 bridgehead atoms. The van der Waals surface area contributed by atoms with Gasteiger partial charge in [-0.3, -0.25) is 4.79 Å². The molecule has 1 aromatic carbocycles. The Bertz CT molecular complexity index is 1070. The topological polar surface area (TPSA) is 68.9 Å². The molecule has 2 aromatic heterocycles. The zero-order chi connectivity index (χ0) is 22.1. The minimum absolute atomic E-state index is 0.179. The number of carbonyl (C=O) groups is 1. The average molecular weight is 447 g/mol. The van der Waals surface area contributed by atoms with Crippen LogP contribution in [0.15, 0.2) is 54.0 Å². The van der Waals surface area contributed by atoms with Crippen molar-refractivity contribution in [3.63, 3.8) is 0 Å². The van der Waals surface area contributed by atoms with Crippen molar-refractivity contribution in [1.29, 1.82) is 0 Å². The van der Waals surface area contributed by atoms with Gasteiger partial charge in [0.1, 0.15) is 16.2 Å². The number of thiazole rings is 1. The lowest BCUT2D eigenvalue weighted by Gasteiger charge is -2.35. The molecular weight excluding hydrogens is 427 g/mol. The number of hydrogen-bond acceptors (Lipinski definition) is 4. The summed E-state index contributed by atoms with van der Waals surface area (Å²) in [7, 11) is 0. The van der Waals surface area contributed by atoms with Crippen LogP contribution in [0.25, 0.3) is 10.6 Å². The van der Waals surface area contributed by atoms with Crippen molar-refractivity contribution in [3.05, 3.63) is 76.2 Å². The number of pyridine rings is 1. The molecule has 1 aliphatic carbocycles. The molecule has 4 rings (SSSR count). The number of amides is 1. The second-order valence-corrected chi connectivity index (χ2v) is 8.48. The third kappa shape index (κ3) is 4.41. The Balaban J connectivity index is 1.57. The Kier molecular flexibility index (Phi) is 5.70. The van der Waals surface area contributed by atoms with Crippen molar-refractivity contribution in [3.8, 4) is 10.6 Å². The smallest absolute Gasteiger partial charge is 0.416 e. The number of aromatic nitrogens is 2. The van der Waals surface area contributed by atoms with Gasteiger partial charge in [0, 0.05) is 23.1 Å². The van der Waals surface area contributed by atoms with E-state index in [1.807, 2.05) is 0 Å². The van der Waals surface area contributed by atoms with Crippen LogP contribution in [0.5, 0.6) is 0 Å². The van der Waals surface area contributed by atoms with Gasteiger partial charge in [-0.05, 0) is 31.0 Å². The van der Waals surface area contributed by atoms with E-state index in [1.165, 1.54) is 29.7 Å². The number of benzene rings is 1. The van der Waals surface area contributed by atoms with Gasteiger partial charge in [-0.1, -0.05) is 31.4 Å². The predicted octanol–water partition coefficient (Wildman–Crippen LogP) is 5.05. The summed E-state index contributed by atoms with van der Waals surface area (Å²) in [5.74, 6) is -0.403. The molecular formula is C22H20F3N3O2S. The fourth-order valence-corrected chi connectivity index (χ4v) is 4.80. The van der Waals surface area contributed by atoms with Crippen molar-refractivity contribution >= 4 is 17.2 Å². The van der Waals surface area contributed by atoms with E-state index >= 15 is 0 Å². The van der Waals surface area contributed by atoms with Crippen LogP contribution in [0.4, 0.5) is 13.2 Å². The fraction of sp³-hybridized carbons (Fsp3) is 0.318. The molecule has 1 aliphatic rings. The number of halogens is 3. The predicted molar refractivity (Wildman–Crippen MR) is 110 cm³/mol. The van der Waals surface area contributed by atoms with Gasteiger partial charge in [-0.15, -0.1) is 11.3 Å². The number of rotatable bonds is 4. The van der Waals surface area contributed by atoms with Crippen molar-refractivity contribution in [2.45, 2.75) is 43.8 Å². The normalized spacial score (nSPS) is 16.1. The van der Waals surface area contributed by atoms with Crippen LogP contribution < -0.4 is 10.0 Å². The average Bonchev–Trinajstić information content (AvgIpc) is 3.25. The highest BCUT2D eigenvalue weighted by Gasteiger charge is 2.41. The Morgan fingerprint density at radius 1 is 1.10 bits per heavy atom. The van der Waals surface area contributed by atoms with Crippen LogP contribution in [-0.2, 0) is 11.7 Å². The summed E-state index contributed by atoms with van der Waals surface area (Å²) in [4.78, 5) is 17.3. The first kappa shape index (κ1) is 21.3. The summed E-state index contributed by atoms with van der Waals surface area (Å²) < 4.78 is 39.1. The Morgan fingerprint density at radius 3 is 2.45 bits per heavy atom. The molecule has 1 N–H and O–H groups in total. The molecule has 162 valence electrons. The van der Waals surface area contributed by atoms with Crippen LogP contribution in [-0.4, -0.2) is 10.9 Å². The maximum absolute atomic E-state index is 13.0. The zero-order valence-electron chi connectivity index (χ0n) is 16.5. The van der Waals surface area contributed by atoms with Gasteiger partial charge < -0.3 is 10.5 Å². The first-order valence-corrected chi connectivity index (χ1v) is 10.8. The van der Waals surface area contributed by atoms with Crippen LogP contribution >= 0.6 is 11.3 Å². The molecule has 1 saturated carbocycles. The Labute approximate surface area is 181 Å². The molecule has 0 unspecified atom stereocenters. The van der Waals surface area contributed by atoms with Gasteiger partial charge in [0.05, 0.1) is 5.56 Å². The second kappa shape index (κ2) is 8.30. The molecule has 9 heteroatoms. The monoisotopic (exact) mass is 447 g/mol. The van der Waals surface area contributed by atoms with E-state index < -0.39 is 23.2 Å². The summed E-state index contributed by atoms with van der Waals surface area (Å²) in [5.41, 5.74) is -0.320. The number of nitrogens with one attached hydrogen (secondary N) is 1. The van der Waals surface area contributed by atoms with Gasteiger partial charge in [0.15, 0.2) is 6.20 Å². The van der Waals surface area contributed by atoms with E-state index in [-0.39, 0.29) is 5.69 Å². The van der Waals surface area contributed by atoms with Crippen LogP contribution in [0.2, 0.25) is 0 Å². The van der Waals surface area contributed by atoms with Crippen molar-refractivity contribution in [2.75, 3.05) is 0 Å². The van der Waals surface area contributed by atoms with E-state index in [0.29, 0.717) is 29.1 Å². The van der Waals surface area contributed by atoms with Crippen molar-refractivity contribution in [2.24, 2.45) is 0 Å². The Morgan fingerprint density at radius 2 is 1.81 bits per heavy atom. The molecule has 0 saturated heterocycles. The van der Waals surface area contributed by atoms with E-state index in [4.69, 9.17) is 0 Å².